The van der Waals surface area contributed by atoms with Gasteiger partial charge in [0, 0.05) is 12.0 Å². The van der Waals surface area contributed by atoms with E-state index in [9.17, 15) is 27.6 Å². The highest BCUT2D eigenvalue weighted by Gasteiger charge is 2.47. The van der Waals surface area contributed by atoms with Crippen LogP contribution < -0.4 is 10.6 Å². The number of benzene rings is 2. The number of carboxylic acids is 1. The first-order chi connectivity index (χ1) is 16.1. The third-order valence-electron chi connectivity index (χ3n) is 5.92. The second-order valence-corrected chi connectivity index (χ2v) is 8.12. The van der Waals surface area contributed by atoms with Crippen LogP contribution in [-0.2, 0) is 14.3 Å². The summed E-state index contributed by atoms with van der Waals surface area (Å²) >= 11 is 0. The highest BCUT2D eigenvalue weighted by atomic mass is 19.4. The fraction of sp³-hybridized carbons (Fsp3) is 0.292. The summed E-state index contributed by atoms with van der Waals surface area (Å²) in [5, 5.41) is 12.7. The van der Waals surface area contributed by atoms with E-state index in [1.165, 1.54) is 12.2 Å². The zero-order chi connectivity index (χ0) is 24.5. The zero-order valence-electron chi connectivity index (χ0n) is 17.7. The molecule has 2 aliphatic rings. The van der Waals surface area contributed by atoms with Gasteiger partial charge in [-0.3, -0.25) is 9.59 Å². The lowest BCUT2D eigenvalue weighted by Crippen LogP contribution is -2.56. The van der Waals surface area contributed by atoms with Crippen LogP contribution in [-0.4, -0.2) is 47.9 Å². The minimum absolute atomic E-state index is 0.0728. The van der Waals surface area contributed by atoms with Crippen LogP contribution in [0.25, 0.3) is 11.1 Å². The van der Waals surface area contributed by atoms with Gasteiger partial charge in [-0.15, -0.1) is 0 Å². The largest absolute Gasteiger partial charge is 0.481 e. The van der Waals surface area contributed by atoms with E-state index in [2.05, 4.69) is 5.32 Å². The molecule has 0 aromatic heterocycles. The smallest absolute Gasteiger partial charge is 0.417 e. The Labute approximate surface area is 192 Å². The minimum Gasteiger partial charge on any atom is -0.481 e. The number of alkyl carbamates (subject to hydrolysis) is 1. The molecule has 34 heavy (non-hydrogen) atoms. The van der Waals surface area contributed by atoms with Crippen LogP contribution in [0, 0.1) is 5.92 Å². The fourth-order valence-corrected chi connectivity index (χ4v) is 4.31. The molecule has 0 heterocycles. The van der Waals surface area contributed by atoms with Crippen molar-refractivity contribution >= 4 is 18.0 Å². The molecule has 0 fully saturated rings. The third-order valence-corrected chi connectivity index (χ3v) is 5.92. The third kappa shape index (κ3) is 4.75. The number of aliphatic carboxylic acids is 1. The Morgan fingerprint density at radius 1 is 1.00 bits per heavy atom. The van der Waals surface area contributed by atoms with Crippen molar-refractivity contribution in [3.63, 3.8) is 0 Å². The van der Waals surface area contributed by atoms with Crippen LogP contribution in [0.5, 0.6) is 0 Å². The molecule has 7 nitrogen and oxygen atoms in total. The van der Waals surface area contributed by atoms with Gasteiger partial charge in [0.1, 0.15) is 6.61 Å². The zero-order valence-corrected chi connectivity index (χ0v) is 17.7. The Hall–Kier alpha value is -3.82. The van der Waals surface area contributed by atoms with Gasteiger partial charge < -0.3 is 20.5 Å². The average Bonchev–Trinajstić information content (AvgIpc) is 3.38. The van der Waals surface area contributed by atoms with E-state index in [-0.39, 0.29) is 18.9 Å². The van der Waals surface area contributed by atoms with Crippen molar-refractivity contribution in [1.82, 2.24) is 10.6 Å². The second-order valence-electron chi connectivity index (χ2n) is 8.12. The Morgan fingerprint density at radius 3 is 2.12 bits per heavy atom. The summed E-state index contributed by atoms with van der Waals surface area (Å²) in [6.07, 6.45) is -3.92. The molecule has 0 radical (unpaired) electrons. The molecule has 3 atom stereocenters. The number of halogens is 3. The Balaban J connectivity index is 1.40. The van der Waals surface area contributed by atoms with E-state index in [0.717, 1.165) is 22.3 Å². The van der Waals surface area contributed by atoms with Crippen molar-refractivity contribution in [1.29, 1.82) is 0 Å². The number of hydrogen-bond acceptors (Lipinski definition) is 4. The first-order valence-electron chi connectivity index (χ1n) is 10.5. The van der Waals surface area contributed by atoms with E-state index < -0.39 is 42.1 Å². The summed E-state index contributed by atoms with van der Waals surface area (Å²) in [5.74, 6) is -3.89. The van der Waals surface area contributed by atoms with Crippen molar-refractivity contribution in [2.75, 3.05) is 6.61 Å². The molecule has 0 saturated carbocycles. The van der Waals surface area contributed by atoms with Crippen LogP contribution in [0.2, 0.25) is 0 Å². The average molecular weight is 474 g/mol. The minimum atomic E-state index is -5.08. The Morgan fingerprint density at radius 2 is 1.59 bits per heavy atom. The van der Waals surface area contributed by atoms with Gasteiger partial charge in [0.25, 0.3) is 5.91 Å². The van der Waals surface area contributed by atoms with Gasteiger partial charge in [0.2, 0.25) is 6.04 Å². The maximum Gasteiger partial charge on any atom is 0.417 e. The lowest BCUT2D eigenvalue weighted by atomic mass is 9.98. The van der Waals surface area contributed by atoms with Crippen LogP contribution in [0.15, 0.2) is 60.7 Å². The number of rotatable bonds is 6. The van der Waals surface area contributed by atoms with Gasteiger partial charge in [-0.05, 0) is 28.7 Å². The number of carbonyl (C=O) groups excluding carboxylic acids is 2. The maximum absolute atomic E-state index is 13.5. The number of ether oxygens (including phenoxy) is 1. The normalized spacial score (nSPS) is 19.7. The molecule has 2 aromatic rings. The molecule has 10 heteroatoms. The van der Waals surface area contributed by atoms with E-state index in [1.807, 2.05) is 48.5 Å². The molecule has 0 bridgehead atoms. The van der Waals surface area contributed by atoms with E-state index in [4.69, 9.17) is 9.84 Å². The van der Waals surface area contributed by atoms with E-state index >= 15 is 0 Å². The molecular formula is C24H21F3N2O5. The fourth-order valence-electron chi connectivity index (χ4n) is 4.31. The SMILES string of the molecule is O=C(NC(C(=O)NC1C=CC(C(=O)O)C1)C(F)(F)F)OCC1c2ccccc2-c2ccccc21. The van der Waals surface area contributed by atoms with Gasteiger partial charge in [-0.2, -0.15) is 13.2 Å². The number of hydrogen-bond donors (Lipinski definition) is 3. The lowest BCUT2D eigenvalue weighted by molar-refractivity contribution is -0.168. The number of amides is 2. The number of fused-ring (bicyclic) bond motifs is 3. The topological polar surface area (TPSA) is 105 Å². The first-order valence-corrected chi connectivity index (χ1v) is 10.5. The van der Waals surface area contributed by atoms with Gasteiger partial charge >= 0.3 is 18.2 Å². The maximum atomic E-state index is 13.5. The number of carbonyl (C=O) groups is 3. The summed E-state index contributed by atoms with van der Waals surface area (Å²) in [4.78, 5) is 35.5. The van der Waals surface area contributed by atoms with Crippen LogP contribution in [0.1, 0.15) is 23.5 Å². The van der Waals surface area contributed by atoms with Crippen LogP contribution in [0.3, 0.4) is 0 Å². The quantitative estimate of drug-likeness (QED) is 0.555. The van der Waals surface area contributed by atoms with Crippen molar-refractivity contribution in [2.45, 2.75) is 30.6 Å². The van der Waals surface area contributed by atoms with Gasteiger partial charge in [-0.1, -0.05) is 60.7 Å². The summed E-state index contributed by atoms with van der Waals surface area (Å²) in [7, 11) is 0. The lowest BCUT2D eigenvalue weighted by Gasteiger charge is -2.23. The highest BCUT2D eigenvalue weighted by Crippen LogP contribution is 2.44. The molecule has 4 rings (SSSR count). The van der Waals surface area contributed by atoms with Crippen LogP contribution >= 0.6 is 0 Å². The van der Waals surface area contributed by atoms with Crippen molar-refractivity contribution in [3.05, 3.63) is 71.8 Å². The van der Waals surface area contributed by atoms with E-state index in [0.29, 0.717) is 0 Å². The Bertz CT molecular complexity index is 1100. The van der Waals surface area contributed by atoms with Gasteiger partial charge in [-0.25, -0.2) is 4.79 Å². The second kappa shape index (κ2) is 9.20. The first kappa shape index (κ1) is 23.3. The predicted molar refractivity (Wildman–Crippen MR) is 115 cm³/mol. The van der Waals surface area contributed by atoms with Crippen molar-refractivity contribution < 1.29 is 37.4 Å². The van der Waals surface area contributed by atoms with Gasteiger partial charge in [0.05, 0.1) is 5.92 Å². The molecule has 0 aliphatic heterocycles. The van der Waals surface area contributed by atoms with Gasteiger partial charge in [0.15, 0.2) is 0 Å². The predicted octanol–water partition coefficient (Wildman–Crippen LogP) is 3.60. The molecular weight excluding hydrogens is 453 g/mol. The summed E-state index contributed by atoms with van der Waals surface area (Å²) < 4.78 is 45.6. The van der Waals surface area contributed by atoms with E-state index in [1.54, 1.807) is 5.32 Å². The summed E-state index contributed by atoms with van der Waals surface area (Å²) in [6.45, 7) is -0.211. The van der Waals surface area contributed by atoms with Crippen molar-refractivity contribution in [3.8, 4) is 11.1 Å². The molecule has 0 spiro atoms. The monoisotopic (exact) mass is 474 g/mol. The Kier molecular flexibility index (Phi) is 6.32. The molecule has 178 valence electrons. The molecule has 2 aliphatic carbocycles. The van der Waals surface area contributed by atoms with Crippen molar-refractivity contribution in [2.24, 2.45) is 5.92 Å². The summed E-state index contributed by atoms with van der Waals surface area (Å²) in [5.41, 5.74) is 3.71. The molecule has 3 unspecified atom stereocenters. The number of nitrogens with one attached hydrogen (secondary N) is 2. The molecule has 3 N–H and O–H groups in total. The molecule has 0 saturated heterocycles. The molecule has 2 amide bonds. The standard InChI is InChI=1S/C24H21F3N2O5/c25-24(26,27)20(21(30)28-14-10-9-13(11-14)22(31)32)29-23(33)34-12-19-17-7-3-1-5-15(17)16-6-2-4-8-18(16)19/h1-10,13-14,19-20H,11-12H2,(H,28,30)(H,29,33)(H,31,32). The van der Waals surface area contributed by atoms with Crippen LogP contribution in [0.4, 0.5) is 18.0 Å². The summed E-state index contributed by atoms with van der Waals surface area (Å²) in [6, 6.07) is 11.2. The highest BCUT2D eigenvalue weighted by molar-refractivity contribution is 5.87. The number of carboxylic acid groups (broad SMARTS) is 1. The number of alkyl halides is 3. The molecule has 2 aromatic carbocycles.